The van der Waals surface area contributed by atoms with Crippen molar-refractivity contribution in [1.29, 1.82) is 0 Å². The Balaban J connectivity index is 2.16. The summed E-state index contributed by atoms with van der Waals surface area (Å²) in [7, 11) is 2.04. The molecule has 19 heavy (non-hydrogen) atoms. The predicted octanol–water partition coefficient (Wildman–Crippen LogP) is 2.93. The fraction of sp³-hybridized carbons (Fsp3) is 0.400. The maximum Gasteiger partial charge on any atom is 0.134 e. The molecule has 2 aromatic heterocycles. The Morgan fingerprint density at radius 1 is 1.37 bits per heavy atom. The number of pyridine rings is 1. The lowest BCUT2D eigenvalue weighted by Gasteiger charge is -2.22. The second-order valence-electron chi connectivity index (χ2n) is 4.79. The number of likely N-dealkylation sites (N-methyl/N-ethyl adjacent to an activating group) is 1. The van der Waals surface area contributed by atoms with E-state index in [4.69, 9.17) is 0 Å². The molecular weight excluding hydrogens is 256 g/mol. The number of hydrogen-bond donors (Lipinski definition) is 1. The molecule has 0 saturated heterocycles. The van der Waals surface area contributed by atoms with Crippen LogP contribution in [0.2, 0.25) is 0 Å². The largest absolute Gasteiger partial charge is 0.392 e. The number of aliphatic hydroxyl groups is 1. The Kier molecular flexibility index (Phi) is 4.56. The van der Waals surface area contributed by atoms with Gasteiger partial charge in [-0.2, -0.15) is 0 Å². The minimum absolute atomic E-state index is 0.0395. The number of anilines is 1. The van der Waals surface area contributed by atoms with Crippen molar-refractivity contribution < 1.29 is 5.11 Å². The minimum Gasteiger partial charge on any atom is -0.392 e. The van der Waals surface area contributed by atoms with E-state index < -0.39 is 0 Å². The van der Waals surface area contributed by atoms with Gasteiger partial charge < -0.3 is 10.0 Å². The maximum atomic E-state index is 9.53. The zero-order valence-corrected chi connectivity index (χ0v) is 12.5. The molecule has 2 aromatic rings. The van der Waals surface area contributed by atoms with Crippen molar-refractivity contribution in [3.8, 4) is 0 Å². The Labute approximate surface area is 118 Å². The molecule has 3 nitrogen and oxygen atoms in total. The molecule has 0 aliphatic heterocycles. The second kappa shape index (κ2) is 6.17. The molecule has 2 rings (SSSR count). The predicted molar refractivity (Wildman–Crippen MR) is 80.9 cm³/mol. The Morgan fingerprint density at radius 2 is 2.16 bits per heavy atom. The lowest BCUT2D eigenvalue weighted by atomic mass is 10.1. The van der Waals surface area contributed by atoms with Crippen LogP contribution in [0.3, 0.4) is 0 Å². The van der Waals surface area contributed by atoms with Gasteiger partial charge in [-0.05, 0) is 43.3 Å². The van der Waals surface area contributed by atoms with Crippen LogP contribution in [-0.4, -0.2) is 23.7 Å². The summed E-state index contributed by atoms with van der Waals surface area (Å²) in [5, 5.41) is 11.6. The van der Waals surface area contributed by atoms with Crippen molar-refractivity contribution in [3.05, 3.63) is 45.3 Å². The Hall–Kier alpha value is -1.39. The van der Waals surface area contributed by atoms with Crippen LogP contribution in [0.25, 0.3) is 0 Å². The van der Waals surface area contributed by atoms with E-state index >= 15 is 0 Å². The van der Waals surface area contributed by atoms with Gasteiger partial charge in [0.2, 0.25) is 0 Å². The summed E-state index contributed by atoms with van der Waals surface area (Å²) < 4.78 is 0. The highest BCUT2D eigenvalue weighted by Crippen LogP contribution is 2.22. The van der Waals surface area contributed by atoms with E-state index in [0.717, 1.165) is 35.6 Å². The van der Waals surface area contributed by atoms with Crippen molar-refractivity contribution in [2.45, 2.75) is 26.9 Å². The molecule has 0 aliphatic rings. The van der Waals surface area contributed by atoms with Crippen LogP contribution in [-0.2, 0) is 13.0 Å². The molecule has 0 amide bonds. The van der Waals surface area contributed by atoms with E-state index in [1.54, 1.807) is 11.3 Å². The number of hydrogen-bond acceptors (Lipinski definition) is 4. The van der Waals surface area contributed by atoms with E-state index in [-0.39, 0.29) is 6.61 Å². The fourth-order valence-corrected chi connectivity index (χ4v) is 2.89. The number of aryl methyl sites for hydroxylation is 2. The number of rotatable bonds is 5. The molecule has 0 saturated carbocycles. The quantitative estimate of drug-likeness (QED) is 0.912. The molecule has 1 N–H and O–H groups in total. The SMILES string of the molecule is Cc1cc(C)c(CO)c(N(C)CCc2cccs2)n1. The van der Waals surface area contributed by atoms with Gasteiger partial charge in [0.15, 0.2) is 0 Å². The number of aliphatic hydroxyl groups excluding tert-OH is 1. The van der Waals surface area contributed by atoms with Crippen LogP contribution in [0.5, 0.6) is 0 Å². The van der Waals surface area contributed by atoms with E-state index in [0.29, 0.717) is 0 Å². The van der Waals surface area contributed by atoms with Gasteiger partial charge in [0, 0.05) is 29.7 Å². The van der Waals surface area contributed by atoms with Crippen LogP contribution in [0.1, 0.15) is 21.7 Å². The number of nitrogens with zero attached hydrogens (tertiary/aromatic N) is 2. The third-order valence-electron chi connectivity index (χ3n) is 3.25. The summed E-state index contributed by atoms with van der Waals surface area (Å²) in [4.78, 5) is 8.08. The first-order valence-electron chi connectivity index (χ1n) is 6.43. The van der Waals surface area contributed by atoms with Gasteiger partial charge in [-0.1, -0.05) is 6.07 Å². The maximum absolute atomic E-state index is 9.53. The highest BCUT2D eigenvalue weighted by Gasteiger charge is 2.12. The average Bonchev–Trinajstić information content (AvgIpc) is 2.88. The fourth-order valence-electron chi connectivity index (χ4n) is 2.19. The molecule has 4 heteroatoms. The molecule has 0 bridgehead atoms. The lowest BCUT2D eigenvalue weighted by Crippen LogP contribution is -2.23. The van der Waals surface area contributed by atoms with Crippen molar-refractivity contribution >= 4 is 17.2 Å². The topological polar surface area (TPSA) is 36.4 Å². The molecular formula is C15H20N2OS. The van der Waals surface area contributed by atoms with Crippen molar-refractivity contribution in [2.75, 3.05) is 18.5 Å². The Bertz CT molecular complexity index is 537. The van der Waals surface area contributed by atoms with Gasteiger partial charge >= 0.3 is 0 Å². The normalized spacial score (nSPS) is 10.7. The summed E-state index contributed by atoms with van der Waals surface area (Å²) >= 11 is 1.78. The third kappa shape index (κ3) is 3.33. The van der Waals surface area contributed by atoms with Crippen LogP contribution in [0, 0.1) is 13.8 Å². The average molecular weight is 276 g/mol. The first-order valence-corrected chi connectivity index (χ1v) is 7.31. The van der Waals surface area contributed by atoms with Crippen molar-refractivity contribution in [1.82, 2.24) is 4.98 Å². The lowest BCUT2D eigenvalue weighted by molar-refractivity contribution is 0.281. The zero-order valence-electron chi connectivity index (χ0n) is 11.7. The molecule has 0 radical (unpaired) electrons. The monoisotopic (exact) mass is 276 g/mol. The Morgan fingerprint density at radius 3 is 2.79 bits per heavy atom. The highest BCUT2D eigenvalue weighted by molar-refractivity contribution is 7.09. The molecule has 0 aromatic carbocycles. The van der Waals surface area contributed by atoms with Gasteiger partial charge in [0.25, 0.3) is 0 Å². The summed E-state index contributed by atoms with van der Waals surface area (Å²) in [6.45, 7) is 4.96. The molecule has 0 aliphatic carbocycles. The standard InChI is InChI=1S/C15H20N2OS/c1-11-9-12(2)16-15(14(11)10-18)17(3)7-6-13-5-4-8-19-13/h4-5,8-9,18H,6-7,10H2,1-3H3. The van der Waals surface area contributed by atoms with Gasteiger partial charge in [0.05, 0.1) is 6.61 Å². The summed E-state index contributed by atoms with van der Waals surface area (Å²) in [6, 6.07) is 6.25. The smallest absolute Gasteiger partial charge is 0.134 e. The summed E-state index contributed by atoms with van der Waals surface area (Å²) in [5.41, 5.74) is 3.03. The van der Waals surface area contributed by atoms with Crippen LogP contribution in [0.15, 0.2) is 23.6 Å². The van der Waals surface area contributed by atoms with Gasteiger partial charge in [-0.25, -0.2) is 4.98 Å². The number of aromatic nitrogens is 1. The zero-order chi connectivity index (χ0) is 13.8. The van der Waals surface area contributed by atoms with Crippen LogP contribution in [0.4, 0.5) is 5.82 Å². The molecule has 0 atom stereocenters. The van der Waals surface area contributed by atoms with Crippen LogP contribution >= 0.6 is 11.3 Å². The first-order chi connectivity index (χ1) is 9.11. The van der Waals surface area contributed by atoms with E-state index in [1.807, 2.05) is 27.0 Å². The van der Waals surface area contributed by atoms with Gasteiger partial charge in [0.1, 0.15) is 5.82 Å². The number of thiophene rings is 1. The van der Waals surface area contributed by atoms with Gasteiger partial charge in [-0.3, -0.25) is 0 Å². The van der Waals surface area contributed by atoms with E-state index in [2.05, 4.69) is 27.4 Å². The minimum atomic E-state index is 0.0395. The summed E-state index contributed by atoms with van der Waals surface area (Å²) in [6.07, 6.45) is 1.01. The molecule has 0 unspecified atom stereocenters. The van der Waals surface area contributed by atoms with Gasteiger partial charge in [-0.15, -0.1) is 11.3 Å². The molecule has 0 spiro atoms. The van der Waals surface area contributed by atoms with E-state index in [9.17, 15) is 5.11 Å². The van der Waals surface area contributed by atoms with E-state index in [1.165, 1.54) is 4.88 Å². The third-order valence-corrected chi connectivity index (χ3v) is 4.18. The second-order valence-corrected chi connectivity index (χ2v) is 5.82. The molecule has 2 heterocycles. The summed E-state index contributed by atoms with van der Waals surface area (Å²) in [5.74, 6) is 0.900. The molecule has 0 fully saturated rings. The highest BCUT2D eigenvalue weighted by atomic mass is 32.1. The van der Waals surface area contributed by atoms with Crippen LogP contribution < -0.4 is 4.90 Å². The molecule has 102 valence electrons. The van der Waals surface area contributed by atoms with Crippen molar-refractivity contribution in [2.24, 2.45) is 0 Å². The first kappa shape index (κ1) is 14.0. The van der Waals surface area contributed by atoms with Crippen molar-refractivity contribution in [3.63, 3.8) is 0 Å².